The van der Waals surface area contributed by atoms with Crippen LogP contribution >= 0.6 is 0 Å². The molecule has 6 heteroatoms. The molecule has 96 valence electrons. The van der Waals surface area contributed by atoms with E-state index < -0.39 is 0 Å². The van der Waals surface area contributed by atoms with Crippen LogP contribution in [0.3, 0.4) is 0 Å². The first-order valence-corrected chi connectivity index (χ1v) is 5.80. The molecular weight excluding hydrogens is 218 g/mol. The monoisotopic (exact) mass is 239 g/mol. The molecule has 0 saturated heterocycles. The molecule has 1 amide bonds. The zero-order valence-electron chi connectivity index (χ0n) is 10.9. The second-order valence-corrected chi connectivity index (χ2v) is 4.23. The number of nitrogens with two attached hydrogens (primary N) is 1. The quantitative estimate of drug-likeness (QED) is 0.705. The molecule has 0 saturated carbocycles. The predicted octanol–water partition coefficient (Wildman–Crippen LogP) is 0.674. The zero-order valence-corrected chi connectivity index (χ0v) is 10.9. The molecule has 0 unspecified atom stereocenters. The second-order valence-electron chi connectivity index (χ2n) is 4.23. The van der Waals surface area contributed by atoms with Crippen LogP contribution in [0.15, 0.2) is 0 Å². The summed E-state index contributed by atoms with van der Waals surface area (Å²) in [5.41, 5.74) is 7.46. The number of amides is 1. The van der Waals surface area contributed by atoms with Crippen molar-refractivity contribution in [2.75, 3.05) is 24.1 Å². The van der Waals surface area contributed by atoms with E-state index in [4.69, 9.17) is 5.73 Å². The minimum atomic E-state index is -0.0563. The Labute approximate surface area is 102 Å². The molecule has 1 rings (SSSR count). The summed E-state index contributed by atoms with van der Waals surface area (Å²) in [6.07, 6.45) is 0. The van der Waals surface area contributed by atoms with Crippen molar-refractivity contribution in [3.05, 3.63) is 5.69 Å². The van der Waals surface area contributed by atoms with Gasteiger partial charge in [-0.05, 0) is 12.8 Å². The Hall–Kier alpha value is -1.72. The highest BCUT2D eigenvalue weighted by atomic mass is 16.1. The fourth-order valence-corrected chi connectivity index (χ4v) is 1.62. The molecule has 0 aliphatic carbocycles. The molecule has 0 aliphatic heterocycles. The maximum Gasteiger partial charge on any atom is 0.239 e. The van der Waals surface area contributed by atoms with Crippen LogP contribution in [0.25, 0.3) is 0 Å². The number of carbonyl (C=O) groups is 1. The molecule has 4 N–H and O–H groups in total. The van der Waals surface area contributed by atoms with Crippen molar-refractivity contribution >= 4 is 17.4 Å². The summed E-state index contributed by atoms with van der Waals surface area (Å²) in [5.74, 6) is 0.903. The van der Waals surface area contributed by atoms with Gasteiger partial charge >= 0.3 is 0 Å². The summed E-state index contributed by atoms with van der Waals surface area (Å²) in [7, 11) is 1.81. The van der Waals surface area contributed by atoms with Gasteiger partial charge < -0.3 is 16.4 Å². The van der Waals surface area contributed by atoms with E-state index in [1.54, 1.807) is 4.68 Å². The van der Waals surface area contributed by atoms with Crippen molar-refractivity contribution in [1.82, 2.24) is 15.1 Å². The first-order chi connectivity index (χ1) is 7.97. The van der Waals surface area contributed by atoms with Crippen LogP contribution in [0.4, 0.5) is 11.5 Å². The maximum atomic E-state index is 11.3. The third-order valence-corrected chi connectivity index (χ3v) is 2.45. The van der Waals surface area contributed by atoms with Crippen LogP contribution < -0.4 is 16.4 Å². The number of anilines is 2. The largest absolute Gasteiger partial charge is 0.394 e. The van der Waals surface area contributed by atoms with Crippen molar-refractivity contribution in [2.45, 2.75) is 26.7 Å². The standard InChI is InChI=1S/C11H21N5O/c1-5-13-8(17)6-14-11-9(12)10(7(2)3)15-16(11)4/h7,14H,5-6,12H2,1-4H3,(H,13,17). The van der Waals surface area contributed by atoms with E-state index in [9.17, 15) is 4.79 Å². The number of nitrogen functional groups attached to an aromatic ring is 1. The molecule has 0 radical (unpaired) electrons. The SMILES string of the molecule is CCNC(=O)CNc1c(N)c(C(C)C)nn1C. The number of rotatable bonds is 5. The zero-order chi connectivity index (χ0) is 13.0. The number of likely N-dealkylation sites (N-methyl/N-ethyl adjacent to an activating group) is 1. The lowest BCUT2D eigenvalue weighted by atomic mass is 10.1. The van der Waals surface area contributed by atoms with Crippen LogP contribution in [0.2, 0.25) is 0 Å². The second kappa shape index (κ2) is 5.56. The highest BCUT2D eigenvalue weighted by Gasteiger charge is 2.15. The highest BCUT2D eigenvalue weighted by molar-refractivity contribution is 5.81. The van der Waals surface area contributed by atoms with Crippen LogP contribution in [-0.4, -0.2) is 28.8 Å². The van der Waals surface area contributed by atoms with E-state index in [1.165, 1.54) is 0 Å². The molecule has 1 heterocycles. The minimum Gasteiger partial charge on any atom is -0.394 e. The summed E-state index contributed by atoms with van der Waals surface area (Å²) >= 11 is 0. The van der Waals surface area contributed by atoms with Crippen LogP contribution in [0.5, 0.6) is 0 Å². The van der Waals surface area contributed by atoms with Crippen molar-refractivity contribution in [1.29, 1.82) is 0 Å². The summed E-state index contributed by atoms with van der Waals surface area (Å²) in [5, 5.41) is 10.0. The lowest BCUT2D eigenvalue weighted by Crippen LogP contribution is -2.30. The van der Waals surface area contributed by atoms with E-state index in [-0.39, 0.29) is 18.4 Å². The van der Waals surface area contributed by atoms with Gasteiger partial charge in [-0.2, -0.15) is 5.10 Å². The number of aryl methyl sites for hydroxylation is 1. The van der Waals surface area contributed by atoms with Crippen molar-refractivity contribution in [3.63, 3.8) is 0 Å². The number of carbonyl (C=O) groups excluding carboxylic acids is 1. The predicted molar refractivity (Wildman–Crippen MR) is 68.9 cm³/mol. The number of hydrogen-bond acceptors (Lipinski definition) is 4. The van der Waals surface area contributed by atoms with Crippen LogP contribution in [0, 0.1) is 0 Å². The van der Waals surface area contributed by atoms with Crippen molar-refractivity contribution < 1.29 is 4.79 Å². The van der Waals surface area contributed by atoms with Crippen LogP contribution in [-0.2, 0) is 11.8 Å². The third kappa shape index (κ3) is 3.12. The topological polar surface area (TPSA) is 85.0 Å². The fourth-order valence-electron chi connectivity index (χ4n) is 1.62. The van der Waals surface area contributed by atoms with E-state index in [1.807, 2.05) is 27.8 Å². The minimum absolute atomic E-state index is 0.0563. The van der Waals surface area contributed by atoms with E-state index in [2.05, 4.69) is 15.7 Å². The normalized spacial score (nSPS) is 10.6. The third-order valence-electron chi connectivity index (χ3n) is 2.45. The number of aromatic nitrogens is 2. The lowest BCUT2D eigenvalue weighted by molar-refractivity contribution is -0.119. The summed E-state index contributed by atoms with van der Waals surface area (Å²) < 4.78 is 1.67. The average Bonchev–Trinajstić information content (AvgIpc) is 2.52. The Morgan fingerprint density at radius 1 is 1.53 bits per heavy atom. The van der Waals surface area contributed by atoms with Gasteiger partial charge in [0.15, 0.2) is 0 Å². The van der Waals surface area contributed by atoms with Gasteiger partial charge in [-0.1, -0.05) is 13.8 Å². The molecular formula is C11H21N5O. The molecule has 1 aromatic rings. The first-order valence-electron chi connectivity index (χ1n) is 5.80. The van der Waals surface area contributed by atoms with Gasteiger partial charge in [-0.15, -0.1) is 0 Å². The maximum absolute atomic E-state index is 11.3. The van der Waals surface area contributed by atoms with E-state index >= 15 is 0 Å². The van der Waals surface area contributed by atoms with Gasteiger partial charge in [-0.25, -0.2) is 0 Å². The van der Waals surface area contributed by atoms with Gasteiger partial charge in [0, 0.05) is 13.6 Å². The van der Waals surface area contributed by atoms with Gasteiger partial charge in [0.05, 0.1) is 17.9 Å². The Balaban J connectivity index is 2.74. The molecule has 0 aromatic carbocycles. The van der Waals surface area contributed by atoms with Crippen LogP contribution in [0.1, 0.15) is 32.4 Å². The van der Waals surface area contributed by atoms with Gasteiger partial charge in [0.25, 0.3) is 0 Å². The smallest absolute Gasteiger partial charge is 0.239 e. The number of nitrogens with zero attached hydrogens (tertiary/aromatic N) is 2. The molecule has 0 atom stereocenters. The molecule has 0 spiro atoms. The Morgan fingerprint density at radius 3 is 2.65 bits per heavy atom. The molecule has 0 fully saturated rings. The van der Waals surface area contributed by atoms with E-state index in [0.29, 0.717) is 18.1 Å². The lowest BCUT2D eigenvalue weighted by Gasteiger charge is -2.07. The average molecular weight is 239 g/mol. The fraction of sp³-hybridized carbons (Fsp3) is 0.636. The molecule has 6 nitrogen and oxygen atoms in total. The van der Waals surface area contributed by atoms with Gasteiger partial charge in [0.1, 0.15) is 5.82 Å². The molecule has 1 aromatic heterocycles. The first kappa shape index (κ1) is 13.3. The van der Waals surface area contributed by atoms with Crippen molar-refractivity contribution in [2.24, 2.45) is 7.05 Å². The number of nitrogens with one attached hydrogen (secondary N) is 2. The Bertz CT molecular complexity index is 397. The van der Waals surface area contributed by atoms with Gasteiger partial charge in [0.2, 0.25) is 5.91 Å². The molecule has 0 bridgehead atoms. The Morgan fingerprint density at radius 2 is 2.18 bits per heavy atom. The summed E-state index contributed by atoms with van der Waals surface area (Å²) in [4.78, 5) is 11.3. The molecule has 0 aliphatic rings. The highest BCUT2D eigenvalue weighted by Crippen LogP contribution is 2.27. The van der Waals surface area contributed by atoms with Gasteiger partial charge in [-0.3, -0.25) is 9.48 Å². The van der Waals surface area contributed by atoms with Crippen molar-refractivity contribution in [3.8, 4) is 0 Å². The van der Waals surface area contributed by atoms with E-state index in [0.717, 1.165) is 5.69 Å². The molecule has 17 heavy (non-hydrogen) atoms. The number of hydrogen-bond donors (Lipinski definition) is 3. The summed E-state index contributed by atoms with van der Waals surface area (Å²) in [6, 6.07) is 0. The summed E-state index contributed by atoms with van der Waals surface area (Å²) in [6.45, 7) is 6.78. The Kier molecular flexibility index (Phi) is 4.37.